The Bertz CT molecular complexity index is 4520. The van der Waals surface area contributed by atoms with Crippen LogP contribution in [0, 0.1) is 0 Å². The largest absolute Gasteiger partial charge is 0.309 e. The van der Waals surface area contributed by atoms with Crippen LogP contribution in [0.4, 0.5) is 0 Å². The molecule has 0 aliphatic heterocycles. The summed E-state index contributed by atoms with van der Waals surface area (Å²) in [5.74, 6) is 0. The number of hydrogen-bond donors (Lipinski definition) is 0. The van der Waals surface area contributed by atoms with Crippen molar-refractivity contribution < 1.29 is 0 Å². The van der Waals surface area contributed by atoms with Crippen molar-refractivity contribution in [3.8, 4) is 39.3 Å². The van der Waals surface area contributed by atoms with Crippen LogP contribution in [0.5, 0.6) is 0 Å². The molecule has 3 aromatic heterocycles. The minimum absolute atomic E-state index is 1.10. The van der Waals surface area contributed by atoms with Gasteiger partial charge in [0.15, 0.2) is 8.07 Å². The summed E-state index contributed by atoms with van der Waals surface area (Å²) in [7, 11) is -2.75. The highest BCUT2D eigenvalue weighted by atomic mass is 28.3. The summed E-state index contributed by atoms with van der Waals surface area (Å²) < 4.78 is 7.42. The average molecular weight is 984 g/mol. The van der Waals surface area contributed by atoms with Gasteiger partial charge >= 0.3 is 0 Å². The average Bonchev–Trinajstić information content (AvgIpc) is 4.21. The van der Waals surface area contributed by atoms with Crippen LogP contribution in [0.2, 0.25) is 0 Å². The lowest BCUT2D eigenvalue weighted by Gasteiger charge is -2.34. The maximum atomic E-state index is 2.50. The highest BCUT2D eigenvalue weighted by molar-refractivity contribution is 7.19. The number of benzene rings is 12. The van der Waals surface area contributed by atoms with Gasteiger partial charge in [-0.3, -0.25) is 0 Å². The highest BCUT2D eigenvalue weighted by Crippen LogP contribution is 2.40. The summed E-state index contributed by atoms with van der Waals surface area (Å²) in [6.45, 7) is 0. The Morgan fingerprint density at radius 3 is 1.04 bits per heavy atom. The second-order valence-corrected chi connectivity index (χ2v) is 23.8. The number of aromatic nitrogens is 3. The Morgan fingerprint density at radius 2 is 0.539 bits per heavy atom. The van der Waals surface area contributed by atoms with E-state index in [1.807, 2.05) is 0 Å². The maximum absolute atomic E-state index is 2.75. The summed E-state index contributed by atoms with van der Waals surface area (Å²) in [5.41, 5.74) is 15.1. The van der Waals surface area contributed by atoms with E-state index in [0.717, 1.165) is 39.2 Å². The van der Waals surface area contributed by atoms with Gasteiger partial charge < -0.3 is 13.7 Å². The van der Waals surface area contributed by atoms with Crippen LogP contribution < -0.4 is 20.7 Å². The quantitative estimate of drug-likeness (QED) is 0.101. The molecule has 0 unspecified atom stereocenters. The molecule has 12 aromatic carbocycles. The van der Waals surface area contributed by atoms with Crippen molar-refractivity contribution in [3.05, 3.63) is 297 Å². The van der Waals surface area contributed by atoms with Crippen molar-refractivity contribution >= 4 is 94.2 Å². The van der Waals surface area contributed by atoms with E-state index in [2.05, 4.69) is 311 Å². The molecule has 3 heterocycles. The van der Waals surface area contributed by atoms with Gasteiger partial charge in [0.1, 0.15) is 0 Å². The van der Waals surface area contributed by atoms with Crippen LogP contribution in [0.25, 0.3) is 105 Å². The molecule has 0 aliphatic carbocycles. The van der Waals surface area contributed by atoms with Gasteiger partial charge in [-0.1, -0.05) is 231 Å². The van der Waals surface area contributed by atoms with Crippen molar-refractivity contribution in [1.29, 1.82) is 0 Å². The van der Waals surface area contributed by atoms with Crippen LogP contribution >= 0.6 is 0 Å². The molecule has 356 valence electrons. The highest BCUT2D eigenvalue weighted by Gasteiger charge is 2.41. The van der Waals surface area contributed by atoms with E-state index in [4.69, 9.17) is 0 Å². The fourth-order valence-corrected chi connectivity index (χ4v) is 17.4. The molecule has 0 saturated heterocycles. The molecule has 15 aromatic rings. The number of rotatable bonds is 9. The predicted molar refractivity (Wildman–Crippen MR) is 324 cm³/mol. The van der Waals surface area contributed by atoms with E-state index in [1.54, 1.807) is 0 Å². The molecule has 0 atom stereocenters. The molecular formula is C72H49N3Si. The lowest BCUT2D eigenvalue weighted by Crippen LogP contribution is -2.74. The third-order valence-corrected chi connectivity index (χ3v) is 20.8. The fraction of sp³-hybridized carbons (Fsp3) is 0. The van der Waals surface area contributed by atoms with Crippen LogP contribution in [0.3, 0.4) is 0 Å². The molecule has 15 rings (SSSR count). The topological polar surface area (TPSA) is 14.8 Å². The summed E-state index contributed by atoms with van der Waals surface area (Å²) in [6.07, 6.45) is 0. The molecule has 4 heteroatoms. The zero-order chi connectivity index (χ0) is 50.2. The molecule has 0 N–H and O–H groups in total. The predicted octanol–water partition coefficient (Wildman–Crippen LogP) is 15.7. The van der Waals surface area contributed by atoms with Gasteiger partial charge in [-0.05, 0) is 110 Å². The molecule has 0 saturated carbocycles. The lowest BCUT2D eigenvalue weighted by molar-refractivity contribution is 1.13. The lowest BCUT2D eigenvalue weighted by atomic mass is 10.0. The third kappa shape index (κ3) is 6.81. The van der Waals surface area contributed by atoms with Gasteiger partial charge in [0, 0.05) is 49.4 Å². The number of hydrogen-bond acceptors (Lipinski definition) is 0. The van der Waals surface area contributed by atoms with Crippen molar-refractivity contribution in [3.63, 3.8) is 0 Å². The van der Waals surface area contributed by atoms with Gasteiger partial charge in [-0.15, -0.1) is 0 Å². The van der Waals surface area contributed by atoms with Gasteiger partial charge in [0.2, 0.25) is 0 Å². The van der Waals surface area contributed by atoms with Gasteiger partial charge in [-0.25, -0.2) is 0 Å². The van der Waals surface area contributed by atoms with Crippen LogP contribution in [-0.2, 0) is 0 Å². The minimum Gasteiger partial charge on any atom is -0.309 e. The molecule has 0 spiro atoms. The Balaban J connectivity index is 0.970. The zero-order valence-corrected chi connectivity index (χ0v) is 42.6. The summed E-state index contributed by atoms with van der Waals surface area (Å²) in [6, 6.07) is 110. The minimum atomic E-state index is -2.75. The van der Waals surface area contributed by atoms with Crippen molar-refractivity contribution in [2.24, 2.45) is 0 Å². The molecule has 0 aliphatic rings. The molecule has 3 nitrogen and oxygen atoms in total. The fourth-order valence-electron chi connectivity index (χ4n) is 12.6. The first-order valence-electron chi connectivity index (χ1n) is 26.2. The molecule has 0 amide bonds. The third-order valence-electron chi connectivity index (χ3n) is 16.0. The monoisotopic (exact) mass is 983 g/mol. The van der Waals surface area contributed by atoms with E-state index in [-0.39, 0.29) is 0 Å². The van der Waals surface area contributed by atoms with Crippen molar-refractivity contribution in [2.75, 3.05) is 0 Å². The summed E-state index contributed by atoms with van der Waals surface area (Å²) in [4.78, 5) is 0. The molecule has 0 bridgehead atoms. The molecule has 0 radical (unpaired) electrons. The van der Waals surface area contributed by atoms with E-state index >= 15 is 0 Å². The van der Waals surface area contributed by atoms with E-state index in [9.17, 15) is 0 Å². The molecular weight excluding hydrogens is 935 g/mol. The van der Waals surface area contributed by atoms with E-state index < -0.39 is 8.07 Å². The van der Waals surface area contributed by atoms with E-state index in [1.165, 1.54) is 86.3 Å². The maximum Gasteiger partial charge on any atom is 0.179 e. The Hall–Kier alpha value is -9.74. The Morgan fingerprint density at radius 1 is 0.184 bits per heavy atom. The standard InChI is InChI=1S/C72H49N3Si/c1-5-21-50(22-6-1)52-39-44-71-66(47-52)64-32-16-20-36-70(64)73(71)54-40-43-65-63-31-15-19-35-69(63)75(72(65)49-54)56-46-53(45-55(48-56)74-67-33-17-13-29-61(67)62-30-14-18-34-68(62)74)51-37-41-60(42-38-51)76(57-23-7-2-8-24-57,58-25-9-3-10-26-58)59-27-11-4-12-28-59/h1-49H. The second kappa shape index (κ2) is 17.7. The van der Waals surface area contributed by atoms with Crippen LogP contribution in [0.1, 0.15) is 0 Å². The van der Waals surface area contributed by atoms with E-state index in [0.29, 0.717) is 0 Å². The second-order valence-electron chi connectivity index (χ2n) is 20.0. The van der Waals surface area contributed by atoms with Gasteiger partial charge in [0.25, 0.3) is 0 Å². The number of nitrogens with zero attached hydrogens (tertiary/aromatic N) is 3. The Kier molecular flexibility index (Phi) is 10.2. The van der Waals surface area contributed by atoms with Crippen molar-refractivity contribution in [2.45, 2.75) is 0 Å². The smallest absolute Gasteiger partial charge is 0.179 e. The Labute approximate surface area is 442 Å². The van der Waals surface area contributed by atoms with Crippen molar-refractivity contribution in [1.82, 2.24) is 13.7 Å². The van der Waals surface area contributed by atoms with Gasteiger partial charge in [-0.2, -0.15) is 0 Å². The first-order valence-corrected chi connectivity index (χ1v) is 28.2. The summed E-state index contributed by atoms with van der Waals surface area (Å²) in [5, 5.41) is 12.8. The van der Waals surface area contributed by atoms with Crippen LogP contribution in [-0.4, -0.2) is 21.8 Å². The normalized spacial score (nSPS) is 11.9. The number of para-hydroxylation sites is 4. The molecule has 76 heavy (non-hydrogen) atoms. The first-order chi connectivity index (χ1) is 37.7. The van der Waals surface area contributed by atoms with Crippen LogP contribution in [0.15, 0.2) is 297 Å². The van der Waals surface area contributed by atoms with Gasteiger partial charge in [0.05, 0.1) is 33.1 Å². The zero-order valence-electron chi connectivity index (χ0n) is 41.6. The summed E-state index contributed by atoms with van der Waals surface area (Å²) >= 11 is 0. The SMILES string of the molecule is c1ccc(-c2ccc3c(c2)c2ccccc2n3-c2ccc3c4ccccc4n(-c4cc(-c5ccc([Si](c6ccccc6)(c6ccccc6)c6ccccc6)cc5)cc(-n5c6ccccc6c6ccccc65)c4)c3c2)cc1. The first kappa shape index (κ1) is 43.8. The molecule has 0 fully saturated rings. The number of fused-ring (bicyclic) bond motifs is 9.